The lowest BCUT2D eigenvalue weighted by atomic mass is 10.0. The van der Waals surface area contributed by atoms with Crippen LogP contribution in [0.15, 0.2) is 23.1 Å². The maximum absolute atomic E-state index is 12.2. The molecule has 1 aliphatic rings. The molecule has 21 heavy (non-hydrogen) atoms. The van der Waals surface area contributed by atoms with Crippen LogP contribution in [0.2, 0.25) is 0 Å². The fourth-order valence-electron chi connectivity index (χ4n) is 2.18. The summed E-state index contributed by atoms with van der Waals surface area (Å²) in [4.78, 5) is 10.7. The van der Waals surface area contributed by atoms with E-state index in [0.29, 0.717) is 19.8 Å². The highest BCUT2D eigenvalue weighted by Gasteiger charge is 2.21. The third-order valence-electron chi connectivity index (χ3n) is 3.45. The Bertz CT molecular complexity index is 623. The zero-order valence-corrected chi connectivity index (χ0v) is 12.2. The number of carboxylic acid groups (broad SMARTS) is 1. The van der Waals surface area contributed by atoms with Gasteiger partial charge in [-0.25, -0.2) is 17.9 Å². The molecule has 0 aliphatic carbocycles. The summed E-state index contributed by atoms with van der Waals surface area (Å²) in [5.41, 5.74) is 5.53. The highest BCUT2D eigenvalue weighted by Crippen LogP contribution is 2.21. The topological polar surface area (TPSA) is 119 Å². The van der Waals surface area contributed by atoms with E-state index in [1.54, 1.807) is 0 Å². The number of benzene rings is 1. The van der Waals surface area contributed by atoms with Crippen molar-refractivity contribution in [3.63, 3.8) is 0 Å². The molecule has 1 aromatic carbocycles. The minimum absolute atomic E-state index is 0.0455. The second kappa shape index (κ2) is 6.42. The number of anilines is 1. The van der Waals surface area contributed by atoms with E-state index in [1.807, 2.05) is 0 Å². The maximum Gasteiger partial charge on any atom is 0.335 e. The van der Waals surface area contributed by atoms with Crippen molar-refractivity contribution in [2.24, 2.45) is 5.92 Å². The molecule has 1 heterocycles. The molecule has 0 saturated carbocycles. The van der Waals surface area contributed by atoms with Gasteiger partial charge in [-0.2, -0.15) is 0 Å². The molecule has 1 saturated heterocycles. The van der Waals surface area contributed by atoms with E-state index in [0.717, 1.165) is 18.9 Å². The van der Waals surface area contributed by atoms with Crippen molar-refractivity contribution >= 4 is 21.7 Å². The molecule has 1 aromatic rings. The van der Waals surface area contributed by atoms with Crippen LogP contribution in [-0.4, -0.2) is 39.3 Å². The van der Waals surface area contributed by atoms with Gasteiger partial charge in [0.1, 0.15) is 4.90 Å². The lowest BCUT2D eigenvalue weighted by Crippen LogP contribution is -2.32. The van der Waals surface area contributed by atoms with Gasteiger partial charge in [0, 0.05) is 19.8 Å². The largest absolute Gasteiger partial charge is 0.478 e. The summed E-state index contributed by atoms with van der Waals surface area (Å²) in [5, 5.41) is 8.84. The van der Waals surface area contributed by atoms with E-state index >= 15 is 0 Å². The van der Waals surface area contributed by atoms with E-state index in [1.165, 1.54) is 12.1 Å². The van der Waals surface area contributed by atoms with Crippen molar-refractivity contribution in [3.05, 3.63) is 23.8 Å². The predicted molar refractivity (Wildman–Crippen MR) is 76.5 cm³/mol. The van der Waals surface area contributed by atoms with Crippen molar-refractivity contribution in [2.45, 2.75) is 17.7 Å². The zero-order valence-electron chi connectivity index (χ0n) is 11.4. The van der Waals surface area contributed by atoms with Crippen LogP contribution in [0.5, 0.6) is 0 Å². The normalized spacial score (nSPS) is 16.8. The molecule has 0 aromatic heterocycles. The molecule has 0 spiro atoms. The molecule has 4 N–H and O–H groups in total. The number of hydrogen-bond acceptors (Lipinski definition) is 5. The average Bonchev–Trinajstić information content (AvgIpc) is 2.46. The lowest BCUT2D eigenvalue weighted by molar-refractivity contribution is 0.0678. The minimum Gasteiger partial charge on any atom is -0.478 e. The molecule has 2 rings (SSSR count). The van der Waals surface area contributed by atoms with Gasteiger partial charge in [0.05, 0.1) is 11.3 Å². The number of nitrogens with one attached hydrogen (secondary N) is 1. The van der Waals surface area contributed by atoms with Crippen molar-refractivity contribution in [1.29, 1.82) is 0 Å². The Morgan fingerprint density at radius 1 is 1.38 bits per heavy atom. The molecule has 8 heteroatoms. The van der Waals surface area contributed by atoms with Gasteiger partial charge >= 0.3 is 5.97 Å². The Kier molecular flexibility index (Phi) is 4.81. The number of hydrogen-bond donors (Lipinski definition) is 3. The minimum atomic E-state index is -3.74. The summed E-state index contributed by atoms with van der Waals surface area (Å²) in [7, 11) is -3.74. The highest BCUT2D eigenvalue weighted by molar-refractivity contribution is 7.89. The number of carboxylic acids is 1. The van der Waals surface area contributed by atoms with Crippen LogP contribution in [0.3, 0.4) is 0 Å². The number of rotatable bonds is 5. The molecule has 7 nitrogen and oxygen atoms in total. The van der Waals surface area contributed by atoms with Gasteiger partial charge in [-0.05, 0) is 37.0 Å². The van der Waals surface area contributed by atoms with Crippen LogP contribution in [0.4, 0.5) is 5.69 Å². The quantitative estimate of drug-likeness (QED) is 0.687. The van der Waals surface area contributed by atoms with Crippen molar-refractivity contribution in [2.75, 3.05) is 25.5 Å². The monoisotopic (exact) mass is 314 g/mol. The van der Waals surface area contributed by atoms with E-state index in [4.69, 9.17) is 15.6 Å². The van der Waals surface area contributed by atoms with Gasteiger partial charge in [-0.1, -0.05) is 0 Å². The molecule has 0 bridgehead atoms. The summed E-state index contributed by atoms with van der Waals surface area (Å²) in [6.07, 6.45) is 1.63. The van der Waals surface area contributed by atoms with Crippen LogP contribution in [0.25, 0.3) is 0 Å². The molecule has 0 atom stereocenters. The van der Waals surface area contributed by atoms with Crippen molar-refractivity contribution < 1.29 is 23.1 Å². The summed E-state index contributed by atoms with van der Waals surface area (Å²) in [6.45, 7) is 1.61. The predicted octanol–water partition coefficient (Wildman–Crippen LogP) is 0.672. The summed E-state index contributed by atoms with van der Waals surface area (Å²) < 4.78 is 32.2. The number of ether oxygens (including phenoxy) is 1. The molecule has 1 fully saturated rings. The first kappa shape index (κ1) is 15.7. The van der Waals surface area contributed by atoms with E-state index < -0.39 is 16.0 Å². The summed E-state index contributed by atoms with van der Waals surface area (Å²) in [5.74, 6) is -0.908. The first-order chi connectivity index (χ1) is 9.90. The van der Waals surface area contributed by atoms with Gasteiger partial charge in [-0.15, -0.1) is 0 Å². The first-order valence-corrected chi connectivity index (χ1v) is 8.08. The maximum atomic E-state index is 12.2. The van der Waals surface area contributed by atoms with Gasteiger partial charge in [-0.3, -0.25) is 0 Å². The van der Waals surface area contributed by atoms with Gasteiger partial charge in [0.2, 0.25) is 10.0 Å². The molecule has 116 valence electrons. The Labute approximate surface area is 123 Å². The van der Waals surface area contributed by atoms with Crippen molar-refractivity contribution in [1.82, 2.24) is 4.72 Å². The third-order valence-corrected chi connectivity index (χ3v) is 4.95. The lowest BCUT2D eigenvalue weighted by Gasteiger charge is -2.22. The Morgan fingerprint density at radius 2 is 2.05 bits per heavy atom. The molecule has 1 aliphatic heterocycles. The fourth-order valence-corrected chi connectivity index (χ4v) is 3.41. The first-order valence-electron chi connectivity index (χ1n) is 6.60. The number of sulfonamides is 1. The van der Waals surface area contributed by atoms with Crippen molar-refractivity contribution in [3.8, 4) is 0 Å². The van der Waals surface area contributed by atoms with Crippen LogP contribution in [0, 0.1) is 5.92 Å². The molecular weight excluding hydrogens is 296 g/mol. The zero-order chi connectivity index (χ0) is 15.5. The fraction of sp³-hybridized carbons (Fsp3) is 0.462. The highest BCUT2D eigenvalue weighted by atomic mass is 32.2. The van der Waals surface area contributed by atoms with E-state index in [9.17, 15) is 13.2 Å². The summed E-state index contributed by atoms with van der Waals surface area (Å²) in [6, 6.07) is 3.58. The van der Waals surface area contributed by atoms with Gasteiger partial charge < -0.3 is 15.6 Å². The Hall–Kier alpha value is -1.64. The van der Waals surface area contributed by atoms with E-state index in [2.05, 4.69) is 4.72 Å². The average molecular weight is 314 g/mol. The summed E-state index contributed by atoms with van der Waals surface area (Å²) >= 11 is 0. The number of nitrogens with two attached hydrogens (primary N) is 1. The second-order valence-corrected chi connectivity index (χ2v) is 6.70. The number of aromatic carboxylic acids is 1. The molecule has 0 amide bonds. The van der Waals surface area contributed by atoms with Gasteiger partial charge in [0.25, 0.3) is 0 Å². The Morgan fingerprint density at radius 3 is 2.62 bits per heavy atom. The van der Waals surface area contributed by atoms with Crippen LogP contribution < -0.4 is 10.5 Å². The standard InChI is InChI=1S/C13H18N2O5S/c14-11-7-10(13(16)17)1-2-12(11)21(18,19)15-8-9-3-5-20-6-4-9/h1-2,7,9,15H,3-6,8,14H2,(H,16,17). The Balaban J connectivity index is 2.10. The molecular formula is C13H18N2O5S. The van der Waals surface area contributed by atoms with Crippen LogP contribution in [0.1, 0.15) is 23.2 Å². The van der Waals surface area contributed by atoms with E-state index in [-0.39, 0.29) is 22.1 Å². The number of nitrogen functional groups attached to an aromatic ring is 1. The smallest absolute Gasteiger partial charge is 0.335 e. The van der Waals surface area contributed by atoms with Gasteiger partial charge in [0.15, 0.2) is 0 Å². The molecule has 0 radical (unpaired) electrons. The molecule has 0 unspecified atom stereocenters. The number of carbonyl (C=O) groups is 1. The van der Waals surface area contributed by atoms with Crippen LogP contribution >= 0.6 is 0 Å². The SMILES string of the molecule is Nc1cc(C(=O)O)ccc1S(=O)(=O)NCC1CCOCC1. The van der Waals surface area contributed by atoms with Crippen LogP contribution in [-0.2, 0) is 14.8 Å². The third kappa shape index (κ3) is 3.93. The second-order valence-electron chi connectivity index (χ2n) is 4.97.